The molecule has 0 atom stereocenters. The van der Waals surface area contributed by atoms with Crippen molar-refractivity contribution in [3.8, 4) is 0 Å². The number of carbonyl (C=O) groups excluding carboxylic acids is 1. The molecule has 0 unspecified atom stereocenters. The van der Waals surface area contributed by atoms with E-state index in [1.165, 1.54) is 12.1 Å². The van der Waals surface area contributed by atoms with Crippen LogP contribution in [0.3, 0.4) is 0 Å². The quantitative estimate of drug-likeness (QED) is 0.724. The Bertz CT molecular complexity index is 837. The van der Waals surface area contributed by atoms with Crippen molar-refractivity contribution in [2.45, 2.75) is 13.8 Å². The Labute approximate surface area is 149 Å². The maximum atomic E-state index is 12.2. The number of aryl methyl sites for hydroxylation is 2. The Hall–Kier alpha value is -2.44. The molecule has 2 aromatic carbocycles. The average Bonchev–Trinajstić information content (AvgIpc) is 2.51. The summed E-state index contributed by atoms with van der Waals surface area (Å²) in [6.07, 6.45) is 0. The minimum absolute atomic E-state index is 0.0716. The van der Waals surface area contributed by atoms with Gasteiger partial charge in [0.2, 0.25) is 0 Å². The molecule has 0 spiro atoms. The van der Waals surface area contributed by atoms with Gasteiger partial charge in [-0.15, -0.1) is 0 Å². The summed E-state index contributed by atoms with van der Waals surface area (Å²) < 4.78 is 0. The number of aromatic carboxylic acids is 1. The highest BCUT2D eigenvalue weighted by atomic mass is 35.5. The number of anilines is 1. The van der Waals surface area contributed by atoms with Crippen molar-refractivity contribution in [2.24, 2.45) is 0 Å². The summed E-state index contributed by atoms with van der Waals surface area (Å²) in [4.78, 5) is 23.2. The molecular formula is C17H15ClN2O3S. The van der Waals surface area contributed by atoms with Crippen LogP contribution in [0.1, 0.15) is 31.8 Å². The molecule has 0 bridgehead atoms. The lowest BCUT2D eigenvalue weighted by Crippen LogP contribution is -2.34. The average molecular weight is 363 g/mol. The fourth-order valence-corrected chi connectivity index (χ4v) is 2.34. The van der Waals surface area contributed by atoms with Gasteiger partial charge in [-0.2, -0.15) is 0 Å². The van der Waals surface area contributed by atoms with Crippen molar-refractivity contribution in [3.05, 3.63) is 63.7 Å². The van der Waals surface area contributed by atoms with Gasteiger partial charge in [-0.25, -0.2) is 4.79 Å². The van der Waals surface area contributed by atoms with Crippen molar-refractivity contribution in [1.29, 1.82) is 0 Å². The molecule has 2 aromatic rings. The molecule has 0 aromatic heterocycles. The van der Waals surface area contributed by atoms with E-state index in [4.69, 9.17) is 28.9 Å². The lowest BCUT2D eigenvalue weighted by Gasteiger charge is -2.12. The predicted molar refractivity (Wildman–Crippen MR) is 98.0 cm³/mol. The zero-order chi connectivity index (χ0) is 17.9. The topological polar surface area (TPSA) is 78.4 Å². The van der Waals surface area contributed by atoms with E-state index in [1.54, 1.807) is 31.2 Å². The van der Waals surface area contributed by atoms with E-state index in [0.717, 1.165) is 11.1 Å². The lowest BCUT2D eigenvalue weighted by molar-refractivity contribution is 0.0696. The highest BCUT2D eigenvalue weighted by Crippen LogP contribution is 2.18. The monoisotopic (exact) mass is 362 g/mol. The van der Waals surface area contributed by atoms with Crippen LogP contribution in [0.4, 0.5) is 5.69 Å². The Morgan fingerprint density at radius 2 is 1.67 bits per heavy atom. The van der Waals surface area contributed by atoms with Crippen molar-refractivity contribution >= 4 is 46.5 Å². The second kappa shape index (κ2) is 7.42. The van der Waals surface area contributed by atoms with Gasteiger partial charge in [0.05, 0.1) is 5.56 Å². The van der Waals surface area contributed by atoms with E-state index in [-0.39, 0.29) is 10.7 Å². The second-order valence-electron chi connectivity index (χ2n) is 5.21. The van der Waals surface area contributed by atoms with Crippen LogP contribution in [-0.2, 0) is 0 Å². The van der Waals surface area contributed by atoms with Gasteiger partial charge in [0.15, 0.2) is 5.11 Å². The summed E-state index contributed by atoms with van der Waals surface area (Å²) in [7, 11) is 0. The van der Waals surface area contributed by atoms with E-state index in [1.807, 2.05) is 6.92 Å². The molecule has 0 aliphatic heterocycles. The van der Waals surface area contributed by atoms with Crippen LogP contribution in [-0.4, -0.2) is 22.1 Å². The predicted octanol–water partition coefficient (Wildman–Crippen LogP) is 3.78. The number of thiocarbonyl (C=S) groups is 1. The molecule has 0 saturated carbocycles. The Balaban J connectivity index is 2.10. The molecule has 7 heteroatoms. The van der Waals surface area contributed by atoms with Gasteiger partial charge in [0, 0.05) is 16.3 Å². The first-order chi connectivity index (χ1) is 11.3. The summed E-state index contributed by atoms with van der Waals surface area (Å²) in [5, 5.41) is 15.0. The summed E-state index contributed by atoms with van der Waals surface area (Å²) in [5.41, 5.74) is 2.69. The molecule has 0 aliphatic carbocycles. The Morgan fingerprint density at radius 3 is 2.29 bits per heavy atom. The molecule has 2 rings (SSSR count). The van der Waals surface area contributed by atoms with E-state index in [0.29, 0.717) is 16.3 Å². The first-order valence-electron chi connectivity index (χ1n) is 7.00. The Kier molecular flexibility index (Phi) is 5.54. The largest absolute Gasteiger partial charge is 0.478 e. The van der Waals surface area contributed by atoms with Gasteiger partial charge in [-0.05, 0) is 61.5 Å². The second-order valence-corrected chi connectivity index (χ2v) is 6.02. The molecule has 0 radical (unpaired) electrons. The number of hydrogen-bond donors (Lipinski definition) is 3. The number of amides is 1. The van der Waals surface area contributed by atoms with Gasteiger partial charge in [-0.1, -0.05) is 23.7 Å². The van der Waals surface area contributed by atoms with Crippen molar-refractivity contribution in [2.75, 3.05) is 5.32 Å². The van der Waals surface area contributed by atoms with Crippen molar-refractivity contribution in [3.63, 3.8) is 0 Å². The molecule has 0 fully saturated rings. The highest BCUT2D eigenvalue weighted by Gasteiger charge is 2.11. The summed E-state index contributed by atoms with van der Waals surface area (Å²) in [6.45, 7) is 3.65. The third-order valence-corrected chi connectivity index (χ3v) is 4.01. The van der Waals surface area contributed by atoms with Gasteiger partial charge < -0.3 is 10.4 Å². The minimum atomic E-state index is -1.04. The molecular weight excluding hydrogens is 348 g/mol. The van der Waals surface area contributed by atoms with E-state index in [9.17, 15) is 9.59 Å². The molecule has 1 amide bonds. The number of halogens is 1. The van der Waals surface area contributed by atoms with E-state index >= 15 is 0 Å². The number of carbonyl (C=O) groups is 2. The normalized spacial score (nSPS) is 10.1. The van der Waals surface area contributed by atoms with Crippen LogP contribution in [0.2, 0.25) is 5.02 Å². The molecule has 5 nitrogen and oxygen atoms in total. The molecule has 124 valence electrons. The fourth-order valence-electron chi connectivity index (χ4n) is 1.95. The smallest absolute Gasteiger partial charge is 0.335 e. The van der Waals surface area contributed by atoms with Gasteiger partial charge >= 0.3 is 5.97 Å². The van der Waals surface area contributed by atoms with Crippen LogP contribution < -0.4 is 10.6 Å². The van der Waals surface area contributed by atoms with E-state index in [2.05, 4.69) is 10.6 Å². The number of carboxylic acids is 1. The maximum absolute atomic E-state index is 12.2. The Morgan fingerprint density at radius 1 is 1.04 bits per heavy atom. The third-order valence-electron chi connectivity index (χ3n) is 3.39. The standard InChI is InChI=1S/C17H15ClN2O3S/c1-9-3-5-11(7-13(9)18)15(21)20-17(24)19-14-8-12(16(22)23)6-4-10(14)2/h3-8H,1-2H3,(H,22,23)(H2,19,20,21,24). The lowest BCUT2D eigenvalue weighted by atomic mass is 10.1. The third kappa shape index (κ3) is 4.31. The van der Waals surface area contributed by atoms with Gasteiger partial charge in [0.25, 0.3) is 5.91 Å². The number of nitrogens with one attached hydrogen (secondary N) is 2. The zero-order valence-electron chi connectivity index (χ0n) is 13.0. The fraction of sp³-hybridized carbons (Fsp3) is 0.118. The highest BCUT2D eigenvalue weighted by molar-refractivity contribution is 7.80. The number of hydrogen-bond acceptors (Lipinski definition) is 3. The number of carboxylic acid groups (broad SMARTS) is 1. The molecule has 0 heterocycles. The van der Waals surface area contributed by atoms with Crippen molar-refractivity contribution < 1.29 is 14.7 Å². The van der Waals surface area contributed by atoms with Gasteiger partial charge in [0.1, 0.15) is 0 Å². The summed E-state index contributed by atoms with van der Waals surface area (Å²) in [6, 6.07) is 9.57. The summed E-state index contributed by atoms with van der Waals surface area (Å²) >= 11 is 11.1. The molecule has 24 heavy (non-hydrogen) atoms. The van der Waals surface area contributed by atoms with Crippen LogP contribution in [0.25, 0.3) is 0 Å². The first-order valence-corrected chi connectivity index (χ1v) is 7.79. The molecule has 3 N–H and O–H groups in total. The molecule has 0 aliphatic rings. The molecule has 0 saturated heterocycles. The maximum Gasteiger partial charge on any atom is 0.335 e. The van der Waals surface area contributed by atoms with E-state index < -0.39 is 11.9 Å². The first kappa shape index (κ1) is 17.9. The zero-order valence-corrected chi connectivity index (χ0v) is 14.6. The van der Waals surface area contributed by atoms with Crippen molar-refractivity contribution in [1.82, 2.24) is 5.32 Å². The van der Waals surface area contributed by atoms with Crippen LogP contribution in [0, 0.1) is 13.8 Å². The summed E-state index contributed by atoms with van der Waals surface area (Å²) in [5.74, 6) is -1.44. The van der Waals surface area contributed by atoms with Crippen LogP contribution >= 0.6 is 23.8 Å². The number of rotatable bonds is 3. The number of benzene rings is 2. The van der Waals surface area contributed by atoms with Crippen LogP contribution in [0.15, 0.2) is 36.4 Å². The van der Waals surface area contributed by atoms with Crippen LogP contribution in [0.5, 0.6) is 0 Å². The SMILES string of the molecule is Cc1ccc(C(=O)NC(=S)Nc2cc(C(=O)O)ccc2C)cc1Cl. The van der Waals surface area contributed by atoms with Gasteiger partial charge in [-0.3, -0.25) is 10.1 Å². The minimum Gasteiger partial charge on any atom is -0.478 e.